The SMILES string of the molecule is COc1cccc(C(=O)Nc2nnc(SCC(=O)NC3CCCCC3)s2)c1. The number of rotatable bonds is 7. The van der Waals surface area contributed by atoms with Crippen molar-refractivity contribution in [3.05, 3.63) is 29.8 Å². The Balaban J connectivity index is 1.47. The van der Waals surface area contributed by atoms with Crippen LogP contribution in [0.25, 0.3) is 0 Å². The molecule has 2 N–H and O–H groups in total. The van der Waals surface area contributed by atoms with Crippen LogP contribution in [0, 0.1) is 0 Å². The molecule has 0 unspecified atom stereocenters. The van der Waals surface area contributed by atoms with Gasteiger partial charge in [-0.25, -0.2) is 0 Å². The standard InChI is InChI=1S/C18H22N4O3S2/c1-25-14-9-5-6-12(10-14)16(24)20-17-21-22-18(27-17)26-11-15(23)19-13-7-3-2-4-8-13/h5-6,9-10,13H,2-4,7-8,11H2,1H3,(H,19,23)(H,20,21,24). The van der Waals surface area contributed by atoms with Crippen molar-refractivity contribution < 1.29 is 14.3 Å². The topological polar surface area (TPSA) is 93.2 Å². The van der Waals surface area contributed by atoms with Crippen molar-refractivity contribution in [3.63, 3.8) is 0 Å². The number of methoxy groups -OCH3 is 1. The van der Waals surface area contributed by atoms with Crippen molar-refractivity contribution in [3.8, 4) is 5.75 Å². The Bertz CT molecular complexity index is 790. The molecule has 1 fully saturated rings. The number of ether oxygens (including phenoxy) is 1. The number of hydrogen-bond donors (Lipinski definition) is 2. The number of anilines is 1. The third kappa shape index (κ3) is 5.93. The summed E-state index contributed by atoms with van der Waals surface area (Å²) in [7, 11) is 1.55. The number of benzene rings is 1. The number of carbonyl (C=O) groups is 2. The van der Waals surface area contributed by atoms with E-state index in [-0.39, 0.29) is 11.8 Å². The molecule has 0 bridgehead atoms. The van der Waals surface area contributed by atoms with Crippen LogP contribution in [-0.4, -0.2) is 40.9 Å². The van der Waals surface area contributed by atoms with Crippen LogP contribution in [-0.2, 0) is 4.79 Å². The Labute approximate surface area is 166 Å². The Kier molecular flexibility index (Phi) is 7.05. The predicted molar refractivity (Wildman–Crippen MR) is 107 cm³/mol. The van der Waals surface area contributed by atoms with Crippen LogP contribution in [0.15, 0.2) is 28.6 Å². The fraction of sp³-hybridized carbons (Fsp3) is 0.444. The molecule has 0 atom stereocenters. The maximum atomic E-state index is 12.3. The molecule has 1 heterocycles. The number of aromatic nitrogens is 2. The minimum absolute atomic E-state index is 0.0177. The maximum absolute atomic E-state index is 12.3. The lowest BCUT2D eigenvalue weighted by Gasteiger charge is -2.22. The Morgan fingerprint density at radius 3 is 2.85 bits per heavy atom. The number of nitrogens with zero attached hydrogens (tertiary/aromatic N) is 2. The Hall–Kier alpha value is -2.13. The largest absolute Gasteiger partial charge is 0.497 e. The van der Waals surface area contributed by atoms with Gasteiger partial charge < -0.3 is 10.1 Å². The van der Waals surface area contributed by atoms with Crippen molar-refractivity contribution in [2.24, 2.45) is 0 Å². The zero-order chi connectivity index (χ0) is 19.1. The summed E-state index contributed by atoms with van der Waals surface area (Å²) in [5.41, 5.74) is 0.477. The van der Waals surface area contributed by atoms with Gasteiger partial charge in [0.15, 0.2) is 4.34 Å². The second kappa shape index (κ2) is 9.70. The molecule has 0 saturated heterocycles. The van der Waals surface area contributed by atoms with Gasteiger partial charge in [0, 0.05) is 11.6 Å². The third-order valence-corrected chi connectivity index (χ3v) is 6.23. The van der Waals surface area contributed by atoms with Gasteiger partial charge in [-0.05, 0) is 31.0 Å². The summed E-state index contributed by atoms with van der Waals surface area (Å²) in [6.45, 7) is 0. The highest BCUT2D eigenvalue weighted by Gasteiger charge is 2.17. The van der Waals surface area contributed by atoms with Crippen molar-refractivity contribution in [1.29, 1.82) is 0 Å². The van der Waals surface area contributed by atoms with Gasteiger partial charge in [-0.2, -0.15) is 0 Å². The van der Waals surface area contributed by atoms with Crippen LogP contribution in [0.1, 0.15) is 42.5 Å². The van der Waals surface area contributed by atoms with E-state index in [0.717, 1.165) is 12.8 Å². The predicted octanol–water partition coefficient (Wildman–Crippen LogP) is 3.34. The number of carbonyl (C=O) groups excluding carboxylic acids is 2. The summed E-state index contributed by atoms with van der Waals surface area (Å²) in [6, 6.07) is 7.18. The molecule has 1 aliphatic carbocycles. The van der Waals surface area contributed by atoms with E-state index in [9.17, 15) is 9.59 Å². The fourth-order valence-corrected chi connectivity index (χ4v) is 4.45. The Morgan fingerprint density at radius 2 is 2.07 bits per heavy atom. The lowest BCUT2D eigenvalue weighted by Crippen LogP contribution is -2.37. The van der Waals surface area contributed by atoms with Crippen molar-refractivity contribution >= 4 is 40.0 Å². The lowest BCUT2D eigenvalue weighted by molar-refractivity contribution is -0.119. The van der Waals surface area contributed by atoms with E-state index >= 15 is 0 Å². The summed E-state index contributed by atoms with van der Waals surface area (Å²) >= 11 is 2.58. The van der Waals surface area contributed by atoms with E-state index in [2.05, 4.69) is 20.8 Å². The van der Waals surface area contributed by atoms with Crippen molar-refractivity contribution in [2.75, 3.05) is 18.2 Å². The molecule has 2 aromatic rings. The summed E-state index contributed by atoms with van der Waals surface area (Å²) in [6.07, 6.45) is 5.76. The molecule has 0 aliphatic heterocycles. The molecular formula is C18H22N4O3S2. The van der Waals surface area contributed by atoms with E-state index in [1.54, 1.807) is 31.4 Å². The van der Waals surface area contributed by atoms with Crippen LogP contribution >= 0.6 is 23.1 Å². The molecule has 2 amide bonds. The van der Waals surface area contributed by atoms with E-state index in [4.69, 9.17) is 4.74 Å². The van der Waals surface area contributed by atoms with Crippen LogP contribution in [0.4, 0.5) is 5.13 Å². The second-order valence-corrected chi connectivity index (χ2v) is 8.45. The first-order chi connectivity index (χ1) is 13.1. The first-order valence-corrected chi connectivity index (χ1v) is 10.7. The van der Waals surface area contributed by atoms with Gasteiger partial charge in [0.25, 0.3) is 5.91 Å². The summed E-state index contributed by atoms with van der Waals surface area (Å²) in [4.78, 5) is 24.3. The van der Waals surface area contributed by atoms with Crippen molar-refractivity contribution in [2.45, 2.75) is 42.5 Å². The molecule has 1 aromatic carbocycles. The first kappa shape index (κ1) is 19.6. The molecule has 1 saturated carbocycles. The molecule has 27 heavy (non-hydrogen) atoms. The molecule has 0 spiro atoms. The quantitative estimate of drug-likeness (QED) is 0.541. The summed E-state index contributed by atoms with van der Waals surface area (Å²) in [5, 5.41) is 14.2. The van der Waals surface area contributed by atoms with E-state index in [1.165, 1.54) is 42.4 Å². The lowest BCUT2D eigenvalue weighted by atomic mass is 9.95. The van der Waals surface area contributed by atoms with Crippen LogP contribution in [0.5, 0.6) is 5.75 Å². The first-order valence-electron chi connectivity index (χ1n) is 8.85. The monoisotopic (exact) mass is 406 g/mol. The van der Waals surface area contributed by atoms with Gasteiger partial charge in [0.2, 0.25) is 11.0 Å². The molecule has 1 aliphatic rings. The highest BCUT2D eigenvalue weighted by Crippen LogP contribution is 2.26. The third-order valence-electron chi connectivity index (χ3n) is 4.26. The number of hydrogen-bond acceptors (Lipinski definition) is 7. The maximum Gasteiger partial charge on any atom is 0.257 e. The van der Waals surface area contributed by atoms with Gasteiger partial charge in [0.1, 0.15) is 5.75 Å². The highest BCUT2D eigenvalue weighted by molar-refractivity contribution is 8.01. The highest BCUT2D eigenvalue weighted by atomic mass is 32.2. The molecule has 9 heteroatoms. The van der Waals surface area contributed by atoms with Crippen LogP contribution < -0.4 is 15.4 Å². The van der Waals surface area contributed by atoms with E-state index in [1.807, 2.05) is 0 Å². The van der Waals surface area contributed by atoms with Crippen LogP contribution in [0.3, 0.4) is 0 Å². The molecule has 3 rings (SSSR count). The van der Waals surface area contributed by atoms with Gasteiger partial charge in [-0.1, -0.05) is 48.4 Å². The molecule has 144 valence electrons. The second-order valence-electron chi connectivity index (χ2n) is 6.25. The number of thioether (sulfide) groups is 1. The van der Waals surface area contributed by atoms with Crippen molar-refractivity contribution in [1.82, 2.24) is 15.5 Å². The summed E-state index contributed by atoms with van der Waals surface area (Å²) in [5.74, 6) is 0.649. The smallest absolute Gasteiger partial charge is 0.257 e. The minimum atomic E-state index is -0.281. The van der Waals surface area contributed by atoms with E-state index in [0.29, 0.717) is 32.6 Å². The molecular weight excluding hydrogens is 384 g/mol. The zero-order valence-corrected chi connectivity index (χ0v) is 16.7. The zero-order valence-electron chi connectivity index (χ0n) is 15.1. The minimum Gasteiger partial charge on any atom is -0.497 e. The fourth-order valence-electron chi connectivity index (χ4n) is 2.90. The Morgan fingerprint density at radius 1 is 1.26 bits per heavy atom. The van der Waals surface area contributed by atoms with Gasteiger partial charge in [-0.3, -0.25) is 14.9 Å². The van der Waals surface area contributed by atoms with E-state index < -0.39 is 0 Å². The number of nitrogens with one attached hydrogen (secondary N) is 2. The summed E-state index contributed by atoms with van der Waals surface area (Å²) < 4.78 is 5.77. The molecule has 7 nitrogen and oxygen atoms in total. The number of amides is 2. The average Bonchev–Trinajstić information content (AvgIpc) is 3.14. The van der Waals surface area contributed by atoms with Gasteiger partial charge >= 0.3 is 0 Å². The van der Waals surface area contributed by atoms with Crippen LogP contribution in [0.2, 0.25) is 0 Å². The average molecular weight is 407 g/mol. The molecule has 1 aromatic heterocycles. The van der Waals surface area contributed by atoms with Gasteiger partial charge in [-0.15, -0.1) is 10.2 Å². The molecule has 0 radical (unpaired) electrons. The van der Waals surface area contributed by atoms with Gasteiger partial charge in [0.05, 0.1) is 12.9 Å². The normalized spacial score (nSPS) is 14.6.